The first-order valence-electron chi connectivity index (χ1n) is 9.80. The van der Waals surface area contributed by atoms with E-state index >= 15 is 0 Å². The summed E-state index contributed by atoms with van der Waals surface area (Å²) in [6, 6.07) is 7.79. The van der Waals surface area contributed by atoms with Crippen molar-refractivity contribution in [3.8, 4) is 11.6 Å². The summed E-state index contributed by atoms with van der Waals surface area (Å²) in [6.45, 7) is 4.71. The van der Waals surface area contributed by atoms with Crippen LogP contribution in [0.5, 0.6) is 11.6 Å². The zero-order chi connectivity index (χ0) is 20.0. The summed E-state index contributed by atoms with van der Waals surface area (Å²) in [5.74, 6) is 1.12. The summed E-state index contributed by atoms with van der Waals surface area (Å²) in [5.41, 5.74) is 1.01. The number of para-hydroxylation sites is 1. The Kier molecular flexibility index (Phi) is 4.70. The minimum Gasteiger partial charge on any atom is -0.496 e. The second kappa shape index (κ2) is 7.24. The van der Waals surface area contributed by atoms with Gasteiger partial charge in [0.25, 0.3) is 0 Å². The molecule has 4 heterocycles. The quantitative estimate of drug-likeness (QED) is 0.700. The number of aromatic hydroxyl groups is 1. The van der Waals surface area contributed by atoms with Crippen LogP contribution in [0.15, 0.2) is 24.3 Å². The highest BCUT2D eigenvalue weighted by Gasteiger charge is 2.43. The first-order chi connectivity index (χ1) is 14.1. The minimum atomic E-state index is -0.452. The third kappa shape index (κ3) is 3.18. The lowest BCUT2D eigenvalue weighted by Crippen LogP contribution is -2.46. The molecule has 1 N–H and O–H groups in total. The third-order valence-electron chi connectivity index (χ3n) is 5.73. The van der Waals surface area contributed by atoms with Crippen LogP contribution in [0.25, 0.3) is 4.96 Å². The van der Waals surface area contributed by atoms with Crippen molar-refractivity contribution >= 4 is 16.3 Å². The molecule has 29 heavy (non-hydrogen) atoms. The molecule has 0 bridgehead atoms. The number of methoxy groups -OCH3 is 1. The summed E-state index contributed by atoms with van der Waals surface area (Å²) < 4.78 is 19.0. The predicted molar refractivity (Wildman–Crippen MR) is 108 cm³/mol. The Hall–Kier alpha value is -2.20. The zero-order valence-electron chi connectivity index (χ0n) is 16.5. The van der Waals surface area contributed by atoms with E-state index in [9.17, 15) is 5.11 Å². The van der Waals surface area contributed by atoms with E-state index in [0.29, 0.717) is 24.0 Å². The number of rotatable bonds is 4. The smallest absolute Gasteiger partial charge is 0.230 e. The van der Waals surface area contributed by atoms with Gasteiger partial charge in [0.1, 0.15) is 11.6 Å². The minimum absolute atomic E-state index is 0.134. The Morgan fingerprint density at radius 1 is 1.21 bits per heavy atom. The Balaban J connectivity index is 1.56. The van der Waals surface area contributed by atoms with Crippen LogP contribution in [-0.4, -0.2) is 63.8 Å². The molecule has 1 atom stereocenters. The van der Waals surface area contributed by atoms with Crippen LogP contribution in [0, 0.1) is 6.92 Å². The van der Waals surface area contributed by atoms with Crippen molar-refractivity contribution in [2.45, 2.75) is 31.6 Å². The molecule has 0 aliphatic carbocycles. The van der Waals surface area contributed by atoms with Crippen LogP contribution in [0.1, 0.15) is 35.1 Å². The number of thiazole rings is 1. The fraction of sp³-hybridized carbons (Fsp3) is 0.500. The average molecular weight is 417 g/mol. The fourth-order valence-electron chi connectivity index (χ4n) is 4.33. The summed E-state index contributed by atoms with van der Waals surface area (Å²) in [7, 11) is 1.67. The van der Waals surface area contributed by atoms with E-state index in [2.05, 4.69) is 21.0 Å². The lowest BCUT2D eigenvalue weighted by molar-refractivity contribution is -0.187. The number of piperidine rings is 1. The van der Waals surface area contributed by atoms with Crippen LogP contribution in [0.2, 0.25) is 0 Å². The molecule has 2 aromatic heterocycles. The zero-order valence-corrected chi connectivity index (χ0v) is 17.3. The number of aromatic nitrogens is 3. The number of likely N-dealkylation sites (tertiary alicyclic amines) is 1. The molecule has 154 valence electrons. The highest BCUT2D eigenvalue weighted by Crippen LogP contribution is 2.45. The first-order valence-corrected chi connectivity index (χ1v) is 10.6. The first kappa shape index (κ1) is 18.8. The van der Waals surface area contributed by atoms with E-state index in [4.69, 9.17) is 14.2 Å². The molecule has 5 rings (SSSR count). The second-order valence-electron chi connectivity index (χ2n) is 7.43. The molecule has 2 fully saturated rings. The van der Waals surface area contributed by atoms with E-state index in [1.807, 2.05) is 25.1 Å². The van der Waals surface area contributed by atoms with Gasteiger partial charge in [-0.1, -0.05) is 29.5 Å². The van der Waals surface area contributed by atoms with Gasteiger partial charge in [0.05, 0.1) is 31.2 Å². The van der Waals surface area contributed by atoms with Crippen LogP contribution in [0.4, 0.5) is 0 Å². The molecule has 2 aliphatic rings. The summed E-state index contributed by atoms with van der Waals surface area (Å²) in [5, 5.41) is 15.3. The molecular formula is C20H24N4O4S. The molecule has 2 saturated heterocycles. The topological polar surface area (TPSA) is 81.4 Å². The number of hydrogen-bond acceptors (Lipinski definition) is 8. The largest absolute Gasteiger partial charge is 0.496 e. The van der Waals surface area contributed by atoms with Gasteiger partial charge < -0.3 is 19.3 Å². The molecular weight excluding hydrogens is 392 g/mol. The number of ether oxygens (including phenoxy) is 3. The highest BCUT2D eigenvalue weighted by atomic mass is 32.1. The molecule has 9 heteroatoms. The van der Waals surface area contributed by atoms with Gasteiger partial charge in [-0.05, 0) is 13.0 Å². The molecule has 0 saturated carbocycles. The molecule has 0 unspecified atom stereocenters. The lowest BCUT2D eigenvalue weighted by atomic mass is 9.97. The van der Waals surface area contributed by atoms with Crippen molar-refractivity contribution < 1.29 is 19.3 Å². The van der Waals surface area contributed by atoms with E-state index in [1.54, 1.807) is 7.11 Å². The van der Waals surface area contributed by atoms with Crippen molar-refractivity contribution in [3.63, 3.8) is 0 Å². The molecule has 1 spiro atoms. The summed E-state index contributed by atoms with van der Waals surface area (Å²) in [4.78, 5) is 8.29. The lowest BCUT2D eigenvalue weighted by Gasteiger charge is -2.41. The maximum absolute atomic E-state index is 11.0. The Labute approximate surface area is 172 Å². The van der Waals surface area contributed by atoms with Gasteiger partial charge in [0.2, 0.25) is 10.8 Å². The summed E-state index contributed by atoms with van der Waals surface area (Å²) in [6.07, 6.45) is 1.58. The van der Waals surface area contributed by atoms with Gasteiger partial charge in [-0.2, -0.15) is 4.52 Å². The van der Waals surface area contributed by atoms with Crippen molar-refractivity contribution in [3.05, 3.63) is 40.5 Å². The van der Waals surface area contributed by atoms with Crippen LogP contribution >= 0.6 is 11.3 Å². The number of hydrogen-bond donors (Lipinski definition) is 1. The number of fused-ring (bicyclic) bond motifs is 1. The van der Waals surface area contributed by atoms with Crippen molar-refractivity contribution in [1.29, 1.82) is 0 Å². The Morgan fingerprint density at radius 2 is 1.93 bits per heavy atom. The third-order valence-corrected chi connectivity index (χ3v) is 6.80. The molecule has 0 radical (unpaired) electrons. The van der Waals surface area contributed by atoms with Gasteiger partial charge in [-0.25, -0.2) is 4.98 Å². The van der Waals surface area contributed by atoms with Gasteiger partial charge in [0, 0.05) is 31.5 Å². The maximum atomic E-state index is 11.0. The van der Waals surface area contributed by atoms with Gasteiger partial charge >= 0.3 is 0 Å². The van der Waals surface area contributed by atoms with E-state index in [0.717, 1.165) is 42.1 Å². The SMILES string of the molecule is COc1ccccc1[C@H](c1sc2nc(C)nn2c1O)N1CCC2(CC1)OCCO2. The normalized spacial score (nSPS) is 20.5. The van der Waals surface area contributed by atoms with Crippen molar-refractivity contribution in [2.24, 2.45) is 0 Å². The van der Waals surface area contributed by atoms with Crippen molar-refractivity contribution in [1.82, 2.24) is 19.5 Å². The van der Waals surface area contributed by atoms with E-state index in [-0.39, 0.29) is 11.9 Å². The van der Waals surface area contributed by atoms with Crippen LogP contribution in [0.3, 0.4) is 0 Å². The fourth-order valence-corrected chi connectivity index (χ4v) is 5.48. The predicted octanol–water partition coefficient (Wildman–Crippen LogP) is 2.74. The number of aryl methyl sites for hydroxylation is 1. The average Bonchev–Trinajstić information content (AvgIpc) is 3.42. The second-order valence-corrected chi connectivity index (χ2v) is 8.44. The molecule has 0 amide bonds. The van der Waals surface area contributed by atoms with Gasteiger partial charge in [-0.15, -0.1) is 5.10 Å². The highest BCUT2D eigenvalue weighted by molar-refractivity contribution is 7.17. The van der Waals surface area contributed by atoms with E-state index in [1.165, 1.54) is 15.9 Å². The molecule has 1 aromatic carbocycles. The Bertz CT molecular complexity index is 1020. The monoisotopic (exact) mass is 416 g/mol. The van der Waals surface area contributed by atoms with Gasteiger partial charge in [-0.3, -0.25) is 4.90 Å². The number of benzene rings is 1. The van der Waals surface area contributed by atoms with Crippen molar-refractivity contribution in [2.75, 3.05) is 33.4 Å². The number of nitrogens with zero attached hydrogens (tertiary/aromatic N) is 4. The standard InChI is InChI=1S/C20H24N4O4S/c1-13-21-19-24(22-13)18(25)17(29-19)16(14-5-3-4-6-15(14)26-2)23-9-7-20(8-10-23)27-11-12-28-20/h3-6,16,25H,7-12H2,1-2H3/t16-/m1/s1. The Morgan fingerprint density at radius 3 is 2.62 bits per heavy atom. The molecule has 3 aromatic rings. The van der Waals surface area contributed by atoms with Crippen LogP contribution in [-0.2, 0) is 9.47 Å². The van der Waals surface area contributed by atoms with Crippen LogP contribution < -0.4 is 4.74 Å². The molecule has 8 nitrogen and oxygen atoms in total. The van der Waals surface area contributed by atoms with Gasteiger partial charge in [0.15, 0.2) is 5.79 Å². The van der Waals surface area contributed by atoms with E-state index < -0.39 is 5.79 Å². The molecule has 2 aliphatic heterocycles. The summed E-state index contributed by atoms with van der Waals surface area (Å²) >= 11 is 1.46. The maximum Gasteiger partial charge on any atom is 0.230 e.